The zero-order chi connectivity index (χ0) is 15.2. The Kier molecular flexibility index (Phi) is 5.58. The zero-order valence-electron chi connectivity index (χ0n) is 11.3. The molecular formula is C14H13BrN2O3S. The summed E-state index contributed by atoms with van der Waals surface area (Å²) in [6.07, 6.45) is 1.26. The van der Waals surface area contributed by atoms with Gasteiger partial charge in [-0.25, -0.2) is 9.78 Å². The standard InChI is InChI=1S/C14H13BrN2O3S/c1-2-20-14(19)9-7-16-12(17-13(9)18)8-21-11-6-4-3-5-10(11)15/h3-7H,2,8H2,1H3,(H,16,17,18). The normalized spacial score (nSPS) is 10.4. The molecule has 0 saturated carbocycles. The van der Waals surface area contributed by atoms with Crippen LogP contribution in [0.2, 0.25) is 0 Å². The predicted molar refractivity (Wildman–Crippen MR) is 84.5 cm³/mol. The first-order valence-electron chi connectivity index (χ1n) is 6.24. The maximum absolute atomic E-state index is 11.8. The second-order valence-electron chi connectivity index (χ2n) is 4.01. The molecule has 0 atom stereocenters. The van der Waals surface area contributed by atoms with Gasteiger partial charge in [0.1, 0.15) is 11.4 Å². The Labute approximate surface area is 134 Å². The number of rotatable bonds is 5. The molecule has 110 valence electrons. The molecule has 7 heteroatoms. The van der Waals surface area contributed by atoms with Crippen molar-refractivity contribution in [2.24, 2.45) is 0 Å². The SMILES string of the molecule is CCOC(=O)c1cnc(CSc2ccccc2Br)[nH]c1=O. The smallest absolute Gasteiger partial charge is 0.345 e. The predicted octanol–water partition coefficient (Wildman–Crippen LogP) is 3.00. The summed E-state index contributed by atoms with van der Waals surface area (Å²) in [6.45, 7) is 1.90. The lowest BCUT2D eigenvalue weighted by Crippen LogP contribution is -2.21. The van der Waals surface area contributed by atoms with Crippen LogP contribution in [-0.2, 0) is 10.5 Å². The van der Waals surface area contributed by atoms with Gasteiger partial charge in [-0.1, -0.05) is 12.1 Å². The van der Waals surface area contributed by atoms with Crippen LogP contribution in [0.1, 0.15) is 23.1 Å². The van der Waals surface area contributed by atoms with E-state index in [2.05, 4.69) is 25.9 Å². The molecule has 0 radical (unpaired) electrons. The highest BCUT2D eigenvalue weighted by molar-refractivity contribution is 9.10. The highest BCUT2D eigenvalue weighted by Crippen LogP contribution is 2.28. The molecule has 1 heterocycles. The molecule has 5 nitrogen and oxygen atoms in total. The van der Waals surface area contributed by atoms with Gasteiger partial charge < -0.3 is 9.72 Å². The van der Waals surface area contributed by atoms with Gasteiger partial charge in [-0.2, -0.15) is 0 Å². The number of esters is 1. The van der Waals surface area contributed by atoms with Gasteiger partial charge >= 0.3 is 5.97 Å². The van der Waals surface area contributed by atoms with Crippen LogP contribution in [0.5, 0.6) is 0 Å². The molecule has 0 saturated heterocycles. The van der Waals surface area contributed by atoms with Gasteiger partial charge in [-0.05, 0) is 35.0 Å². The third kappa shape index (κ3) is 4.18. The van der Waals surface area contributed by atoms with Crippen LogP contribution in [0.3, 0.4) is 0 Å². The molecule has 0 amide bonds. The van der Waals surface area contributed by atoms with Crippen LogP contribution in [0, 0.1) is 0 Å². The molecule has 2 aromatic rings. The van der Waals surface area contributed by atoms with Crippen molar-refractivity contribution in [1.29, 1.82) is 0 Å². The zero-order valence-corrected chi connectivity index (χ0v) is 13.7. The summed E-state index contributed by atoms with van der Waals surface area (Å²) in [7, 11) is 0. The van der Waals surface area contributed by atoms with Gasteiger partial charge in [0.2, 0.25) is 0 Å². The van der Waals surface area contributed by atoms with Crippen molar-refractivity contribution < 1.29 is 9.53 Å². The number of H-pyrrole nitrogens is 1. The summed E-state index contributed by atoms with van der Waals surface area (Å²) < 4.78 is 5.77. The van der Waals surface area contributed by atoms with Crippen LogP contribution >= 0.6 is 27.7 Å². The summed E-state index contributed by atoms with van der Waals surface area (Å²) in [5, 5.41) is 0. The second kappa shape index (κ2) is 7.42. The molecule has 0 bridgehead atoms. The van der Waals surface area contributed by atoms with E-state index in [1.54, 1.807) is 6.92 Å². The van der Waals surface area contributed by atoms with Gasteiger partial charge in [0.05, 0.1) is 12.4 Å². The summed E-state index contributed by atoms with van der Waals surface area (Å²) in [5.74, 6) is 0.353. The van der Waals surface area contributed by atoms with Crippen molar-refractivity contribution in [3.63, 3.8) is 0 Å². The Morgan fingerprint density at radius 3 is 2.86 bits per heavy atom. The summed E-state index contributed by atoms with van der Waals surface area (Å²) in [5.41, 5.74) is -0.558. The fourth-order valence-corrected chi connectivity index (χ4v) is 3.02. The first kappa shape index (κ1) is 15.8. The van der Waals surface area contributed by atoms with E-state index >= 15 is 0 Å². The molecule has 1 aromatic carbocycles. The maximum atomic E-state index is 11.8. The van der Waals surface area contributed by atoms with E-state index in [0.29, 0.717) is 11.6 Å². The third-order valence-corrected chi connectivity index (χ3v) is 4.59. The number of aromatic amines is 1. The van der Waals surface area contributed by atoms with E-state index < -0.39 is 11.5 Å². The van der Waals surface area contributed by atoms with Crippen molar-refractivity contribution in [2.75, 3.05) is 6.61 Å². The quantitative estimate of drug-likeness (QED) is 0.648. The summed E-state index contributed by atoms with van der Waals surface area (Å²) in [4.78, 5) is 31.1. The number of benzene rings is 1. The molecule has 0 unspecified atom stereocenters. The van der Waals surface area contributed by atoms with E-state index in [1.165, 1.54) is 18.0 Å². The summed E-state index contributed by atoms with van der Waals surface area (Å²) >= 11 is 5.00. The molecule has 1 aromatic heterocycles. The highest BCUT2D eigenvalue weighted by Gasteiger charge is 2.12. The fraction of sp³-hybridized carbons (Fsp3) is 0.214. The number of nitrogens with zero attached hydrogens (tertiary/aromatic N) is 1. The average Bonchev–Trinajstić information content (AvgIpc) is 2.46. The number of hydrogen-bond donors (Lipinski definition) is 1. The van der Waals surface area contributed by atoms with Crippen molar-refractivity contribution >= 4 is 33.7 Å². The van der Waals surface area contributed by atoms with Gasteiger partial charge in [-0.3, -0.25) is 4.79 Å². The van der Waals surface area contributed by atoms with Crippen LogP contribution in [0.4, 0.5) is 0 Å². The molecule has 1 N–H and O–H groups in total. The molecular weight excluding hydrogens is 356 g/mol. The van der Waals surface area contributed by atoms with Gasteiger partial charge in [0.25, 0.3) is 5.56 Å². The Bertz CT molecular complexity index is 703. The number of halogens is 1. The Hall–Kier alpha value is -1.60. The molecule has 0 fully saturated rings. The molecule has 21 heavy (non-hydrogen) atoms. The number of thioether (sulfide) groups is 1. The number of carbonyl (C=O) groups is 1. The summed E-state index contributed by atoms with van der Waals surface area (Å²) in [6, 6.07) is 7.79. The van der Waals surface area contributed by atoms with Gasteiger partial charge in [0, 0.05) is 15.6 Å². The second-order valence-corrected chi connectivity index (χ2v) is 5.88. The number of hydrogen-bond acceptors (Lipinski definition) is 5. The third-order valence-electron chi connectivity index (χ3n) is 2.55. The Morgan fingerprint density at radius 2 is 2.19 bits per heavy atom. The first-order valence-corrected chi connectivity index (χ1v) is 8.02. The minimum atomic E-state index is -0.656. The van der Waals surface area contributed by atoms with E-state index in [9.17, 15) is 9.59 Å². The number of ether oxygens (including phenoxy) is 1. The van der Waals surface area contributed by atoms with Crippen molar-refractivity contribution in [3.05, 3.63) is 56.7 Å². The average molecular weight is 369 g/mol. The van der Waals surface area contributed by atoms with Crippen molar-refractivity contribution in [1.82, 2.24) is 9.97 Å². The minimum Gasteiger partial charge on any atom is -0.462 e. The topological polar surface area (TPSA) is 72.0 Å². The van der Waals surface area contributed by atoms with Gasteiger partial charge in [0.15, 0.2) is 0 Å². The highest BCUT2D eigenvalue weighted by atomic mass is 79.9. The van der Waals surface area contributed by atoms with Gasteiger partial charge in [-0.15, -0.1) is 11.8 Å². The number of nitrogens with one attached hydrogen (secondary N) is 1. The van der Waals surface area contributed by atoms with E-state index in [4.69, 9.17) is 4.74 Å². The Morgan fingerprint density at radius 1 is 1.43 bits per heavy atom. The molecule has 2 rings (SSSR count). The molecule has 0 spiro atoms. The fourth-order valence-electron chi connectivity index (χ4n) is 1.57. The molecule has 0 aliphatic rings. The number of carbonyl (C=O) groups excluding carboxylic acids is 1. The van der Waals surface area contributed by atoms with E-state index in [1.807, 2.05) is 24.3 Å². The van der Waals surface area contributed by atoms with Crippen LogP contribution in [0.15, 0.2) is 44.6 Å². The lowest BCUT2D eigenvalue weighted by molar-refractivity contribution is 0.0523. The Balaban J connectivity index is 2.09. The van der Waals surface area contributed by atoms with Crippen molar-refractivity contribution in [3.8, 4) is 0 Å². The number of aromatic nitrogens is 2. The maximum Gasteiger partial charge on any atom is 0.345 e. The van der Waals surface area contributed by atoms with E-state index in [-0.39, 0.29) is 12.2 Å². The lowest BCUT2D eigenvalue weighted by Gasteiger charge is -2.05. The molecule has 0 aliphatic heterocycles. The van der Waals surface area contributed by atoms with Crippen LogP contribution < -0.4 is 5.56 Å². The largest absolute Gasteiger partial charge is 0.462 e. The van der Waals surface area contributed by atoms with Crippen LogP contribution in [-0.4, -0.2) is 22.5 Å². The van der Waals surface area contributed by atoms with Crippen LogP contribution in [0.25, 0.3) is 0 Å². The lowest BCUT2D eigenvalue weighted by atomic mass is 10.3. The molecule has 0 aliphatic carbocycles. The monoisotopic (exact) mass is 368 g/mol. The first-order chi connectivity index (χ1) is 10.1. The minimum absolute atomic E-state index is 0.0773. The van der Waals surface area contributed by atoms with Crippen molar-refractivity contribution in [2.45, 2.75) is 17.6 Å². The van der Waals surface area contributed by atoms with E-state index in [0.717, 1.165) is 9.37 Å².